The Morgan fingerprint density at radius 1 is 1.44 bits per heavy atom. The molecule has 2 atom stereocenters. The van der Waals surface area contributed by atoms with E-state index < -0.39 is 0 Å². The molecule has 0 aromatic heterocycles. The summed E-state index contributed by atoms with van der Waals surface area (Å²) in [6, 6.07) is -0.725. The molecule has 1 N–H and O–H groups in total. The molecule has 0 radical (unpaired) electrons. The molecule has 0 aliphatic carbocycles. The summed E-state index contributed by atoms with van der Waals surface area (Å²) in [6.07, 6.45) is 1.33. The average molecular weight is 252 g/mol. The van der Waals surface area contributed by atoms with Gasteiger partial charge in [0, 0.05) is 6.54 Å². The monoisotopic (exact) mass is 252 g/mol. The Morgan fingerprint density at radius 2 is 2.06 bits per heavy atom. The van der Waals surface area contributed by atoms with Crippen LogP contribution >= 0.6 is 0 Å². The minimum absolute atomic E-state index is 0.0261. The first-order chi connectivity index (χ1) is 8.36. The summed E-state index contributed by atoms with van der Waals surface area (Å²) in [5, 5.41) is 2.84. The van der Waals surface area contributed by atoms with Crippen LogP contribution in [0.5, 0.6) is 0 Å². The van der Waals surface area contributed by atoms with E-state index in [2.05, 4.69) is 25.7 Å². The Balaban J connectivity index is 2.89. The average Bonchev–Trinajstić information content (AvgIpc) is 2.24. The molecular weight excluding hydrogens is 228 g/mol. The number of amides is 2. The third kappa shape index (κ3) is 3.34. The topological polar surface area (TPSA) is 49.4 Å². The van der Waals surface area contributed by atoms with Gasteiger partial charge >= 0.3 is 0 Å². The highest BCUT2D eigenvalue weighted by molar-refractivity contribution is 5.97. The zero-order valence-electron chi connectivity index (χ0n) is 11.8. The quantitative estimate of drug-likeness (QED) is 0.757. The first kappa shape index (κ1) is 14.7. The minimum Gasteiger partial charge on any atom is -0.342 e. The van der Waals surface area contributed by atoms with Crippen molar-refractivity contribution in [1.82, 2.24) is 10.2 Å². The molecular formula is C14H24N2O2. The van der Waals surface area contributed by atoms with Crippen molar-refractivity contribution in [1.29, 1.82) is 0 Å². The summed E-state index contributed by atoms with van der Waals surface area (Å²) in [7, 11) is 0. The molecule has 1 rings (SSSR count). The van der Waals surface area contributed by atoms with Crippen LogP contribution in [0.25, 0.3) is 0 Å². The molecule has 2 unspecified atom stereocenters. The zero-order valence-corrected chi connectivity index (χ0v) is 11.8. The fourth-order valence-electron chi connectivity index (χ4n) is 2.34. The lowest BCUT2D eigenvalue weighted by Gasteiger charge is -2.39. The van der Waals surface area contributed by atoms with Crippen molar-refractivity contribution in [3.05, 3.63) is 12.2 Å². The van der Waals surface area contributed by atoms with E-state index in [1.807, 2.05) is 13.8 Å². The zero-order chi connectivity index (χ0) is 13.9. The molecule has 2 amide bonds. The van der Waals surface area contributed by atoms with Gasteiger partial charge in [-0.3, -0.25) is 9.59 Å². The molecule has 0 spiro atoms. The van der Waals surface area contributed by atoms with Gasteiger partial charge in [0.2, 0.25) is 11.8 Å². The molecule has 0 aromatic carbocycles. The molecule has 1 heterocycles. The Kier molecular flexibility index (Phi) is 4.93. The molecule has 102 valence electrons. The molecule has 0 aromatic rings. The van der Waals surface area contributed by atoms with E-state index in [0.29, 0.717) is 25.3 Å². The first-order valence-electron chi connectivity index (χ1n) is 6.62. The number of hydrogen-bond donors (Lipinski definition) is 1. The number of piperazine rings is 1. The van der Waals surface area contributed by atoms with E-state index >= 15 is 0 Å². The van der Waals surface area contributed by atoms with Gasteiger partial charge in [-0.05, 0) is 25.7 Å². The molecule has 0 bridgehead atoms. The highest BCUT2D eigenvalue weighted by Gasteiger charge is 2.39. The van der Waals surface area contributed by atoms with E-state index in [1.165, 1.54) is 0 Å². The Labute approximate surface area is 109 Å². The predicted octanol–water partition coefficient (Wildman–Crippen LogP) is 1.71. The van der Waals surface area contributed by atoms with Crippen molar-refractivity contribution < 1.29 is 9.59 Å². The second-order valence-corrected chi connectivity index (χ2v) is 5.54. The van der Waals surface area contributed by atoms with Crippen molar-refractivity contribution in [2.45, 2.75) is 52.6 Å². The third-order valence-corrected chi connectivity index (χ3v) is 3.11. The van der Waals surface area contributed by atoms with Gasteiger partial charge in [0.1, 0.15) is 12.1 Å². The van der Waals surface area contributed by atoms with Crippen LogP contribution in [-0.4, -0.2) is 35.3 Å². The van der Waals surface area contributed by atoms with Crippen LogP contribution < -0.4 is 5.32 Å². The van der Waals surface area contributed by atoms with E-state index in [0.717, 1.165) is 5.57 Å². The van der Waals surface area contributed by atoms with Crippen molar-refractivity contribution in [2.24, 2.45) is 5.92 Å². The maximum Gasteiger partial charge on any atom is 0.246 e. The number of nitrogens with one attached hydrogen (secondary N) is 1. The lowest BCUT2D eigenvalue weighted by Crippen LogP contribution is -2.63. The smallest absolute Gasteiger partial charge is 0.246 e. The van der Waals surface area contributed by atoms with Crippen LogP contribution in [0, 0.1) is 5.92 Å². The molecule has 18 heavy (non-hydrogen) atoms. The Bertz CT molecular complexity index is 350. The first-order valence-corrected chi connectivity index (χ1v) is 6.62. The highest BCUT2D eigenvalue weighted by atomic mass is 16.2. The van der Waals surface area contributed by atoms with E-state index in [4.69, 9.17) is 0 Å². The van der Waals surface area contributed by atoms with E-state index in [9.17, 15) is 9.59 Å². The van der Waals surface area contributed by atoms with Crippen LogP contribution in [-0.2, 0) is 9.59 Å². The second-order valence-electron chi connectivity index (χ2n) is 5.54. The van der Waals surface area contributed by atoms with Crippen LogP contribution in [0.15, 0.2) is 12.2 Å². The maximum atomic E-state index is 12.4. The molecule has 4 nitrogen and oxygen atoms in total. The molecule has 1 aliphatic heterocycles. The maximum absolute atomic E-state index is 12.4. The summed E-state index contributed by atoms with van der Waals surface area (Å²) in [5.41, 5.74) is 0.903. The van der Waals surface area contributed by atoms with Gasteiger partial charge in [-0.25, -0.2) is 0 Å². The van der Waals surface area contributed by atoms with Crippen LogP contribution in [0.2, 0.25) is 0 Å². The minimum atomic E-state index is -0.375. The van der Waals surface area contributed by atoms with Gasteiger partial charge in [-0.15, -0.1) is 0 Å². The molecule has 1 saturated heterocycles. The van der Waals surface area contributed by atoms with Crippen LogP contribution in [0.4, 0.5) is 0 Å². The van der Waals surface area contributed by atoms with Crippen molar-refractivity contribution in [3.8, 4) is 0 Å². The highest BCUT2D eigenvalue weighted by Crippen LogP contribution is 2.18. The third-order valence-electron chi connectivity index (χ3n) is 3.11. The SMILES string of the molecule is C=C(C)CN1C(=O)C(CC(C)C)NC(=O)C1CC. The number of hydrogen-bond acceptors (Lipinski definition) is 2. The Hall–Kier alpha value is -1.32. The van der Waals surface area contributed by atoms with Crippen LogP contribution in [0.1, 0.15) is 40.5 Å². The van der Waals surface area contributed by atoms with Gasteiger partial charge in [0.05, 0.1) is 0 Å². The fraction of sp³-hybridized carbons (Fsp3) is 0.714. The number of carbonyl (C=O) groups is 2. The number of rotatable bonds is 5. The van der Waals surface area contributed by atoms with Crippen molar-refractivity contribution in [2.75, 3.05) is 6.54 Å². The lowest BCUT2D eigenvalue weighted by molar-refractivity contribution is -0.149. The van der Waals surface area contributed by atoms with Crippen molar-refractivity contribution >= 4 is 11.8 Å². The largest absolute Gasteiger partial charge is 0.342 e. The summed E-state index contributed by atoms with van der Waals surface area (Å²) in [4.78, 5) is 26.1. The summed E-state index contributed by atoms with van der Waals surface area (Å²) in [6.45, 7) is 12.2. The van der Waals surface area contributed by atoms with Gasteiger partial charge in [-0.1, -0.05) is 32.9 Å². The predicted molar refractivity (Wildman–Crippen MR) is 72.0 cm³/mol. The second kappa shape index (κ2) is 6.03. The molecule has 4 heteroatoms. The summed E-state index contributed by atoms with van der Waals surface area (Å²) < 4.78 is 0. The van der Waals surface area contributed by atoms with Gasteiger partial charge in [0.15, 0.2) is 0 Å². The summed E-state index contributed by atoms with van der Waals surface area (Å²) in [5.74, 6) is 0.367. The molecule has 0 saturated carbocycles. The number of nitrogens with zero attached hydrogens (tertiary/aromatic N) is 1. The van der Waals surface area contributed by atoms with E-state index in [-0.39, 0.29) is 23.9 Å². The standard InChI is InChI=1S/C14H24N2O2/c1-6-12-13(17)15-11(7-9(2)3)14(18)16(12)8-10(4)5/h9,11-12H,4,6-8H2,1-3,5H3,(H,15,17). The Morgan fingerprint density at radius 3 is 2.50 bits per heavy atom. The van der Waals surface area contributed by atoms with Gasteiger partial charge in [-0.2, -0.15) is 0 Å². The van der Waals surface area contributed by atoms with Gasteiger partial charge < -0.3 is 10.2 Å². The van der Waals surface area contributed by atoms with E-state index in [1.54, 1.807) is 4.90 Å². The molecule has 1 aliphatic rings. The van der Waals surface area contributed by atoms with Crippen LogP contribution in [0.3, 0.4) is 0 Å². The number of carbonyl (C=O) groups excluding carboxylic acids is 2. The normalized spacial score (nSPS) is 24.4. The summed E-state index contributed by atoms with van der Waals surface area (Å²) >= 11 is 0. The fourth-order valence-corrected chi connectivity index (χ4v) is 2.34. The van der Waals surface area contributed by atoms with Crippen molar-refractivity contribution in [3.63, 3.8) is 0 Å². The molecule has 1 fully saturated rings. The lowest BCUT2D eigenvalue weighted by atomic mass is 9.97. The van der Waals surface area contributed by atoms with Gasteiger partial charge in [0.25, 0.3) is 0 Å².